The number of hydrogen-bond donors (Lipinski definition) is 1. The lowest BCUT2D eigenvalue weighted by Gasteiger charge is -2.37. The van der Waals surface area contributed by atoms with E-state index in [2.05, 4.69) is 27.0 Å². The Balaban J connectivity index is 0.00000300. The van der Waals surface area contributed by atoms with Crippen LogP contribution in [0, 0.1) is 5.92 Å². The summed E-state index contributed by atoms with van der Waals surface area (Å²) >= 11 is 0. The number of piperazine rings is 1. The van der Waals surface area contributed by atoms with E-state index in [4.69, 9.17) is 4.74 Å². The molecule has 3 aliphatic heterocycles. The van der Waals surface area contributed by atoms with Crippen molar-refractivity contribution >= 4 is 35.8 Å². The Kier molecular flexibility index (Phi) is 11.0. The molecule has 7 nitrogen and oxygen atoms in total. The van der Waals surface area contributed by atoms with Crippen LogP contribution in [0.2, 0.25) is 0 Å². The quantitative estimate of drug-likeness (QED) is 0.251. The van der Waals surface area contributed by atoms with Crippen molar-refractivity contribution in [1.82, 2.24) is 20.0 Å². The summed E-state index contributed by atoms with van der Waals surface area (Å²) in [6, 6.07) is 0. The van der Waals surface area contributed by atoms with Gasteiger partial charge in [-0.1, -0.05) is 6.92 Å². The first-order chi connectivity index (χ1) is 13.7. The molecule has 3 rings (SSSR count). The summed E-state index contributed by atoms with van der Waals surface area (Å²) in [5, 5.41) is 3.51. The van der Waals surface area contributed by atoms with Gasteiger partial charge in [0, 0.05) is 52.9 Å². The lowest BCUT2D eigenvalue weighted by atomic mass is 10.0. The molecule has 2 unspecified atom stereocenters. The highest BCUT2D eigenvalue weighted by molar-refractivity contribution is 14.0. The first kappa shape index (κ1) is 24.7. The van der Waals surface area contributed by atoms with Gasteiger partial charge in [0.15, 0.2) is 5.96 Å². The largest absolute Gasteiger partial charge is 0.368 e. The van der Waals surface area contributed by atoms with Gasteiger partial charge in [0.2, 0.25) is 0 Å². The van der Waals surface area contributed by atoms with Gasteiger partial charge in [0.1, 0.15) is 6.10 Å². The zero-order valence-electron chi connectivity index (χ0n) is 18.3. The molecule has 29 heavy (non-hydrogen) atoms. The van der Waals surface area contributed by atoms with Crippen molar-refractivity contribution in [3.63, 3.8) is 0 Å². The van der Waals surface area contributed by atoms with Crippen LogP contribution in [0.15, 0.2) is 4.99 Å². The van der Waals surface area contributed by atoms with E-state index in [1.54, 1.807) is 0 Å². The molecule has 0 aromatic heterocycles. The highest BCUT2D eigenvalue weighted by Gasteiger charge is 2.30. The predicted octanol–water partition coefficient (Wildman–Crippen LogP) is 2.02. The number of halogens is 1. The molecule has 8 heteroatoms. The Morgan fingerprint density at radius 3 is 2.48 bits per heavy atom. The summed E-state index contributed by atoms with van der Waals surface area (Å²) in [5.74, 6) is 2.00. The van der Waals surface area contributed by atoms with E-state index < -0.39 is 0 Å². The van der Waals surface area contributed by atoms with Crippen LogP contribution < -0.4 is 5.32 Å². The number of nitrogens with one attached hydrogen (secondary N) is 1. The summed E-state index contributed by atoms with van der Waals surface area (Å²) in [5.41, 5.74) is 0. The normalized spacial score (nSPS) is 26.3. The maximum atomic E-state index is 12.5. The van der Waals surface area contributed by atoms with Gasteiger partial charge in [0.05, 0.1) is 0 Å². The molecular formula is C21H40IN5O2. The Morgan fingerprint density at radius 1 is 1.07 bits per heavy atom. The van der Waals surface area contributed by atoms with Crippen molar-refractivity contribution < 1.29 is 9.53 Å². The number of nitrogens with zero attached hydrogens (tertiary/aromatic N) is 4. The van der Waals surface area contributed by atoms with Crippen LogP contribution in [0.25, 0.3) is 0 Å². The maximum absolute atomic E-state index is 12.5. The Hall–Kier alpha value is -0.610. The number of hydrogen-bond acceptors (Lipinski definition) is 4. The molecule has 3 heterocycles. The standard InChI is InChI=1S/C21H39N5O2.HI/c1-18-7-5-11-24(17-18)10-4-3-9-23-21(22-2)26-14-12-25(13-15-26)20(27)19-8-6-16-28-19;/h18-19H,3-17H2,1-2H3,(H,22,23);1H. The van der Waals surface area contributed by atoms with Crippen molar-refractivity contribution in [2.75, 3.05) is 66.0 Å². The fourth-order valence-corrected chi connectivity index (χ4v) is 4.60. The Bertz CT molecular complexity index is 519. The molecular weight excluding hydrogens is 481 g/mol. The van der Waals surface area contributed by atoms with Crippen molar-refractivity contribution in [3.8, 4) is 0 Å². The van der Waals surface area contributed by atoms with Crippen LogP contribution in [0.3, 0.4) is 0 Å². The fraction of sp³-hybridized carbons (Fsp3) is 0.905. The van der Waals surface area contributed by atoms with Crippen LogP contribution in [-0.2, 0) is 9.53 Å². The number of unbranched alkanes of at least 4 members (excludes halogenated alkanes) is 1. The Morgan fingerprint density at radius 2 is 1.83 bits per heavy atom. The molecule has 0 spiro atoms. The van der Waals surface area contributed by atoms with E-state index in [-0.39, 0.29) is 36.0 Å². The molecule has 1 amide bonds. The Labute approximate surface area is 193 Å². The minimum Gasteiger partial charge on any atom is -0.368 e. The summed E-state index contributed by atoms with van der Waals surface area (Å²) in [4.78, 5) is 23.8. The van der Waals surface area contributed by atoms with Gasteiger partial charge in [0.25, 0.3) is 5.91 Å². The van der Waals surface area contributed by atoms with Crippen LogP contribution in [0.4, 0.5) is 0 Å². The minimum absolute atomic E-state index is 0. The third-order valence-electron chi connectivity index (χ3n) is 6.23. The third-order valence-corrected chi connectivity index (χ3v) is 6.23. The monoisotopic (exact) mass is 521 g/mol. The zero-order chi connectivity index (χ0) is 19.8. The number of piperidine rings is 1. The van der Waals surface area contributed by atoms with Gasteiger partial charge < -0.3 is 24.8 Å². The fourth-order valence-electron chi connectivity index (χ4n) is 4.60. The number of aliphatic imine (C=N–C) groups is 1. The molecule has 2 atom stereocenters. The molecule has 3 fully saturated rings. The number of rotatable bonds is 6. The first-order valence-electron chi connectivity index (χ1n) is 11.3. The van der Waals surface area contributed by atoms with Crippen molar-refractivity contribution in [2.24, 2.45) is 10.9 Å². The van der Waals surface area contributed by atoms with Crippen LogP contribution in [0.5, 0.6) is 0 Å². The van der Waals surface area contributed by atoms with E-state index in [0.717, 1.165) is 64.0 Å². The molecule has 0 aromatic rings. The average molecular weight is 521 g/mol. The second kappa shape index (κ2) is 12.9. The lowest BCUT2D eigenvalue weighted by molar-refractivity contribution is -0.142. The number of carbonyl (C=O) groups excluding carboxylic acids is 1. The molecule has 0 bridgehead atoms. The van der Waals surface area contributed by atoms with Crippen molar-refractivity contribution in [2.45, 2.75) is 51.6 Å². The van der Waals surface area contributed by atoms with Gasteiger partial charge in [-0.3, -0.25) is 9.79 Å². The number of amides is 1. The average Bonchev–Trinajstić information content (AvgIpc) is 3.25. The molecule has 1 N–H and O–H groups in total. The smallest absolute Gasteiger partial charge is 0.251 e. The second-order valence-electron chi connectivity index (χ2n) is 8.54. The second-order valence-corrected chi connectivity index (χ2v) is 8.54. The van der Waals surface area contributed by atoms with E-state index in [9.17, 15) is 4.79 Å². The third kappa shape index (κ3) is 7.54. The van der Waals surface area contributed by atoms with Crippen molar-refractivity contribution in [3.05, 3.63) is 0 Å². The molecule has 0 aliphatic carbocycles. The summed E-state index contributed by atoms with van der Waals surface area (Å²) in [7, 11) is 1.85. The zero-order valence-corrected chi connectivity index (χ0v) is 20.6. The van der Waals surface area contributed by atoms with E-state index >= 15 is 0 Å². The highest BCUT2D eigenvalue weighted by Crippen LogP contribution is 2.17. The number of ether oxygens (including phenoxy) is 1. The van der Waals surface area contributed by atoms with Gasteiger partial charge in [-0.05, 0) is 57.5 Å². The molecule has 3 aliphatic rings. The maximum Gasteiger partial charge on any atom is 0.251 e. The van der Waals surface area contributed by atoms with Crippen LogP contribution in [-0.4, -0.2) is 98.7 Å². The topological polar surface area (TPSA) is 60.4 Å². The van der Waals surface area contributed by atoms with E-state index in [1.807, 2.05) is 11.9 Å². The number of guanidine groups is 1. The van der Waals surface area contributed by atoms with Crippen LogP contribution in [0.1, 0.15) is 45.4 Å². The van der Waals surface area contributed by atoms with Gasteiger partial charge in [-0.25, -0.2) is 0 Å². The van der Waals surface area contributed by atoms with Gasteiger partial charge >= 0.3 is 0 Å². The van der Waals surface area contributed by atoms with E-state index in [0.29, 0.717) is 0 Å². The molecule has 3 saturated heterocycles. The summed E-state index contributed by atoms with van der Waals surface area (Å²) in [6.45, 7) is 11.0. The lowest BCUT2D eigenvalue weighted by Crippen LogP contribution is -2.55. The summed E-state index contributed by atoms with van der Waals surface area (Å²) in [6.07, 6.45) is 6.82. The minimum atomic E-state index is -0.202. The van der Waals surface area contributed by atoms with Gasteiger partial charge in [-0.15, -0.1) is 24.0 Å². The molecule has 0 aromatic carbocycles. The number of likely N-dealkylation sites (tertiary alicyclic amines) is 1. The number of carbonyl (C=O) groups is 1. The molecule has 168 valence electrons. The van der Waals surface area contributed by atoms with Crippen molar-refractivity contribution in [1.29, 1.82) is 0 Å². The predicted molar refractivity (Wildman–Crippen MR) is 128 cm³/mol. The highest BCUT2D eigenvalue weighted by atomic mass is 127. The molecule has 0 radical (unpaired) electrons. The SMILES string of the molecule is CN=C(NCCCCN1CCCC(C)C1)N1CCN(C(=O)C2CCCO2)CC1.I. The van der Waals surface area contributed by atoms with Crippen LogP contribution >= 0.6 is 24.0 Å². The summed E-state index contributed by atoms with van der Waals surface area (Å²) < 4.78 is 5.54. The van der Waals surface area contributed by atoms with Gasteiger partial charge in [-0.2, -0.15) is 0 Å². The van der Waals surface area contributed by atoms with E-state index in [1.165, 1.54) is 45.3 Å². The molecule has 0 saturated carbocycles. The first-order valence-corrected chi connectivity index (χ1v) is 11.3.